The first-order valence-electron chi connectivity index (χ1n) is 6.71. The third-order valence-corrected chi connectivity index (χ3v) is 4.27. The van der Waals surface area contributed by atoms with Gasteiger partial charge in [0.25, 0.3) is 0 Å². The molecule has 102 valence electrons. The summed E-state index contributed by atoms with van der Waals surface area (Å²) in [5, 5.41) is 5.56. The van der Waals surface area contributed by atoms with E-state index in [1.54, 1.807) is 17.6 Å². The predicted molar refractivity (Wildman–Crippen MR) is 77.2 cm³/mol. The summed E-state index contributed by atoms with van der Waals surface area (Å²) in [6.07, 6.45) is 4.35. The molecular weight excluding hydrogens is 258 g/mol. The Bertz CT molecular complexity index is 503. The molecule has 0 aromatic carbocycles. The molecule has 1 aliphatic heterocycles. The zero-order valence-electron chi connectivity index (χ0n) is 11.1. The molecule has 1 N–H and O–H groups in total. The predicted octanol–water partition coefficient (Wildman–Crippen LogP) is 2.59. The van der Waals surface area contributed by atoms with Crippen molar-refractivity contribution in [2.45, 2.75) is 25.4 Å². The van der Waals surface area contributed by atoms with Gasteiger partial charge >= 0.3 is 0 Å². The first-order chi connectivity index (χ1) is 9.31. The molecule has 1 atom stereocenters. The quantitative estimate of drug-likeness (QED) is 0.912. The van der Waals surface area contributed by atoms with Gasteiger partial charge in [0.2, 0.25) is 5.89 Å². The average molecular weight is 277 g/mol. The van der Waals surface area contributed by atoms with E-state index in [-0.39, 0.29) is 0 Å². The second kappa shape index (κ2) is 5.86. The summed E-state index contributed by atoms with van der Waals surface area (Å²) in [7, 11) is 2.14. The fourth-order valence-electron chi connectivity index (χ4n) is 2.52. The molecule has 1 fully saturated rings. The van der Waals surface area contributed by atoms with Crippen LogP contribution in [0.5, 0.6) is 0 Å². The number of nitrogens with one attached hydrogen (secondary N) is 1. The van der Waals surface area contributed by atoms with Crippen molar-refractivity contribution < 1.29 is 4.42 Å². The molecule has 0 spiro atoms. The van der Waals surface area contributed by atoms with Gasteiger partial charge in [0.05, 0.1) is 10.6 Å². The molecule has 0 saturated carbocycles. The van der Waals surface area contributed by atoms with Crippen LogP contribution in [0.2, 0.25) is 0 Å². The van der Waals surface area contributed by atoms with E-state index in [0.29, 0.717) is 6.04 Å². The highest BCUT2D eigenvalue weighted by molar-refractivity contribution is 7.13. The van der Waals surface area contributed by atoms with Gasteiger partial charge in [-0.25, -0.2) is 4.98 Å². The molecule has 0 aliphatic carbocycles. The van der Waals surface area contributed by atoms with Crippen molar-refractivity contribution in [3.05, 3.63) is 29.5 Å². The van der Waals surface area contributed by atoms with Gasteiger partial charge in [-0.05, 0) is 37.9 Å². The number of thiophene rings is 1. The fraction of sp³-hybridized carbons (Fsp3) is 0.500. The molecule has 2 aromatic heterocycles. The van der Waals surface area contributed by atoms with E-state index < -0.39 is 0 Å². The molecule has 1 saturated heterocycles. The van der Waals surface area contributed by atoms with Gasteiger partial charge in [0, 0.05) is 19.1 Å². The monoisotopic (exact) mass is 277 g/mol. The summed E-state index contributed by atoms with van der Waals surface area (Å²) in [4.78, 5) is 7.94. The molecular formula is C14H19N3OS. The van der Waals surface area contributed by atoms with Crippen molar-refractivity contribution in [1.82, 2.24) is 15.2 Å². The topological polar surface area (TPSA) is 41.3 Å². The van der Waals surface area contributed by atoms with Gasteiger partial charge < -0.3 is 9.73 Å². The minimum Gasteiger partial charge on any atom is -0.444 e. The Morgan fingerprint density at radius 1 is 1.58 bits per heavy atom. The van der Waals surface area contributed by atoms with Crippen molar-refractivity contribution >= 4 is 11.3 Å². The van der Waals surface area contributed by atoms with E-state index in [2.05, 4.69) is 22.2 Å². The Kier molecular flexibility index (Phi) is 3.96. The minimum atomic E-state index is 0.633. The number of rotatable bonds is 5. The van der Waals surface area contributed by atoms with Crippen LogP contribution in [0.25, 0.3) is 10.8 Å². The van der Waals surface area contributed by atoms with E-state index >= 15 is 0 Å². The minimum absolute atomic E-state index is 0.633. The molecule has 3 heterocycles. The van der Waals surface area contributed by atoms with Gasteiger partial charge in [-0.2, -0.15) is 0 Å². The first kappa shape index (κ1) is 12.8. The standard InChI is InChI=1S/C14H19N3OS/c1-17(8-11-4-2-6-15-11)9-12-10-18-14(16-12)13-5-3-7-19-13/h3,5,7,10-11,15H,2,4,6,8-9H2,1H3. The lowest BCUT2D eigenvalue weighted by Crippen LogP contribution is -2.35. The summed E-state index contributed by atoms with van der Waals surface area (Å²) in [5.74, 6) is 0.734. The molecule has 4 nitrogen and oxygen atoms in total. The van der Waals surface area contributed by atoms with Crippen LogP contribution in [0.15, 0.2) is 28.2 Å². The molecule has 0 bridgehead atoms. The Labute approximate surface area is 117 Å². The van der Waals surface area contributed by atoms with Crippen LogP contribution in [0, 0.1) is 0 Å². The second-order valence-electron chi connectivity index (χ2n) is 5.11. The Hall–Kier alpha value is -1.17. The maximum atomic E-state index is 5.54. The van der Waals surface area contributed by atoms with E-state index in [0.717, 1.165) is 36.1 Å². The number of oxazole rings is 1. The van der Waals surface area contributed by atoms with Crippen LogP contribution in [-0.4, -0.2) is 36.1 Å². The summed E-state index contributed by atoms with van der Waals surface area (Å²) in [6.45, 7) is 3.07. The molecule has 0 radical (unpaired) electrons. The van der Waals surface area contributed by atoms with Gasteiger partial charge in [-0.1, -0.05) is 6.07 Å². The SMILES string of the molecule is CN(Cc1coc(-c2cccs2)n1)CC1CCCN1. The van der Waals surface area contributed by atoms with Gasteiger partial charge in [-0.15, -0.1) is 11.3 Å². The summed E-state index contributed by atoms with van der Waals surface area (Å²) < 4.78 is 5.54. The molecule has 5 heteroatoms. The van der Waals surface area contributed by atoms with E-state index in [4.69, 9.17) is 4.42 Å². The average Bonchev–Trinajstić information content (AvgIpc) is 3.09. The second-order valence-corrected chi connectivity index (χ2v) is 6.06. The highest BCUT2D eigenvalue weighted by Gasteiger charge is 2.17. The normalized spacial score (nSPS) is 19.4. The van der Waals surface area contributed by atoms with E-state index in [1.807, 2.05) is 17.5 Å². The highest BCUT2D eigenvalue weighted by Crippen LogP contribution is 2.23. The maximum absolute atomic E-state index is 5.54. The van der Waals surface area contributed by atoms with Crippen LogP contribution >= 0.6 is 11.3 Å². The third kappa shape index (κ3) is 3.23. The Morgan fingerprint density at radius 3 is 3.26 bits per heavy atom. The van der Waals surface area contributed by atoms with Crippen LogP contribution in [0.4, 0.5) is 0 Å². The summed E-state index contributed by atoms with van der Waals surface area (Å²) in [5.41, 5.74) is 1.00. The largest absolute Gasteiger partial charge is 0.444 e. The zero-order chi connectivity index (χ0) is 13.1. The van der Waals surface area contributed by atoms with Crippen LogP contribution in [-0.2, 0) is 6.54 Å². The van der Waals surface area contributed by atoms with Crippen molar-refractivity contribution in [3.8, 4) is 10.8 Å². The first-order valence-corrected chi connectivity index (χ1v) is 7.59. The number of nitrogens with zero attached hydrogens (tertiary/aromatic N) is 2. The number of hydrogen-bond acceptors (Lipinski definition) is 5. The van der Waals surface area contributed by atoms with Gasteiger partial charge in [0.15, 0.2) is 0 Å². The smallest absolute Gasteiger partial charge is 0.236 e. The van der Waals surface area contributed by atoms with Crippen LogP contribution in [0.3, 0.4) is 0 Å². The van der Waals surface area contributed by atoms with Gasteiger partial charge in [-0.3, -0.25) is 4.90 Å². The molecule has 1 aliphatic rings. The lowest BCUT2D eigenvalue weighted by Gasteiger charge is -2.19. The van der Waals surface area contributed by atoms with E-state index in [1.165, 1.54) is 12.8 Å². The highest BCUT2D eigenvalue weighted by atomic mass is 32.1. The lowest BCUT2D eigenvalue weighted by molar-refractivity contribution is 0.290. The lowest BCUT2D eigenvalue weighted by atomic mass is 10.2. The van der Waals surface area contributed by atoms with Crippen molar-refractivity contribution in [1.29, 1.82) is 0 Å². The maximum Gasteiger partial charge on any atom is 0.236 e. The fourth-order valence-corrected chi connectivity index (χ4v) is 3.18. The molecule has 0 amide bonds. The molecule has 19 heavy (non-hydrogen) atoms. The molecule has 3 rings (SSSR count). The number of aromatic nitrogens is 1. The summed E-state index contributed by atoms with van der Waals surface area (Å²) in [6, 6.07) is 4.68. The number of likely N-dealkylation sites (N-methyl/N-ethyl adjacent to an activating group) is 1. The van der Waals surface area contributed by atoms with Gasteiger partial charge in [0.1, 0.15) is 6.26 Å². The molecule has 1 unspecified atom stereocenters. The van der Waals surface area contributed by atoms with Crippen LogP contribution in [0.1, 0.15) is 18.5 Å². The van der Waals surface area contributed by atoms with Crippen molar-refractivity contribution in [2.24, 2.45) is 0 Å². The molecule has 2 aromatic rings. The van der Waals surface area contributed by atoms with Crippen LogP contribution < -0.4 is 5.32 Å². The van der Waals surface area contributed by atoms with Crippen molar-refractivity contribution in [3.63, 3.8) is 0 Å². The zero-order valence-corrected chi connectivity index (χ0v) is 11.9. The Balaban J connectivity index is 1.57. The van der Waals surface area contributed by atoms with E-state index in [9.17, 15) is 0 Å². The number of hydrogen-bond donors (Lipinski definition) is 1. The third-order valence-electron chi connectivity index (χ3n) is 3.41. The van der Waals surface area contributed by atoms with Crippen molar-refractivity contribution in [2.75, 3.05) is 20.1 Å². The Morgan fingerprint density at radius 2 is 2.53 bits per heavy atom. The summed E-state index contributed by atoms with van der Waals surface area (Å²) >= 11 is 1.65.